The lowest BCUT2D eigenvalue weighted by atomic mass is 9.47. The largest absolute Gasteiger partial charge is 0.490 e. The maximum absolute atomic E-state index is 12.4. The van der Waals surface area contributed by atoms with E-state index in [1.807, 2.05) is 0 Å². The standard InChI is InChI=1S/C14H19F3O2/c1-2-12-4-9-3-10(5-12)7-13(6-9,8-12)19-11(18)14(15,16)17/h9-10H,2-8H2,1H3. The SMILES string of the molecule is CCC12CC3CC(C1)CC(OC(=O)C(F)(F)F)(C3)C2. The minimum atomic E-state index is -4.87. The van der Waals surface area contributed by atoms with Gasteiger partial charge in [0.1, 0.15) is 5.60 Å². The van der Waals surface area contributed by atoms with Crippen molar-refractivity contribution < 1.29 is 22.7 Å². The summed E-state index contributed by atoms with van der Waals surface area (Å²) in [6.45, 7) is 2.10. The molecule has 2 unspecified atom stereocenters. The van der Waals surface area contributed by atoms with Crippen molar-refractivity contribution in [2.45, 2.75) is 63.6 Å². The number of carbonyl (C=O) groups is 1. The highest BCUT2D eigenvalue weighted by Gasteiger charge is 2.60. The number of alkyl halides is 3. The fraction of sp³-hybridized carbons (Fsp3) is 0.929. The first kappa shape index (κ1) is 13.3. The molecular weight excluding hydrogens is 257 g/mol. The first-order valence-electron chi connectivity index (χ1n) is 7.06. The Bertz CT molecular complexity index is 388. The molecule has 0 radical (unpaired) electrons. The quantitative estimate of drug-likeness (QED) is 0.716. The van der Waals surface area contributed by atoms with Crippen LogP contribution in [-0.2, 0) is 9.53 Å². The summed E-state index contributed by atoms with van der Waals surface area (Å²) in [7, 11) is 0. The van der Waals surface area contributed by atoms with Gasteiger partial charge < -0.3 is 4.74 Å². The molecule has 0 spiro atoms. The second-order valence-electron chi connectivity index (χ2n) is 6.88. The molecule has 0 saturated heterocycles. The molecule has 19 heavy (non-hydrogen) atoms. The third kappa shape index (κ3) is 2.15. The Morgan fingerprint density at radius 3 is 2.26 bits per heavy atom. The van der Waals surface area contributed by atoms with Crippen molar-refractivity contribution in [1.82, 2.24) is 0 Å². The van der Waals surface area contributed by atoms with Crippen LogP contribution in [-0.4, -0.2) is 17.7 Å². The zero-order chi connectivity index (χ0) is 13.9. The highest BCUT2D eigenvalue weighted by atomic mass is 19.4. The van der Waals surface area contributed by atoms with Crippen molar-refractivity contribution in [3.63, 3.8) is 0 Å². The second-order valence-corrected chi connectivity index (χ2v) is 6.88. The van der Waals surface area contributed by atoms with E-state index < -0.39 is 17.7 Å². The van der Waals surface area contributed by atoms with E-state index in [4.69, 9.17) is 4.74 Å². The summed E-state index contributed by atoms with van der Waals surface area (Å²) in [5.74, 6) is -1.11. The Kier molecular flexibility index (Phi) is 2.71. The number of halogens is 3. The zero-order valence-corrected chi connectivity index (χ0v) is 11.1. The molecule has 4 bridgehead atoms. The molecule has 4 saturated carbocycles. The average molecular weight is 276 g/mol. The van der Waals surface area contributed by atoms with Gasteiger partial charge in [-0.05, 0) is 55.8 Å². The molecule has 0 aliphatic heterocycles. The molecule has 0 aromatic heterocycles. The van der Waals surface area contributed by atoms with Gasteiger partial charge in [0.15, 0.2) is 0 Å². The van der Waals surface area contributed by atoms with Crippen LogP contribution in [0.15, 0.2) is 0 Å². The number of hydrogen-bond acceptors (Lipinski definition) is 2. The van der Waals surface area contributed by atoms with E-state index in [-0.39, 0.29) is 5.41 Å². The Balaban J connectivity index is 1.83. The lowest BCUT2D eigenvalue weighted by Gasteiger charge is -2.61. The van der Waals surface area contributed by atoms with E-state index in [0.29, 0.717) is 31.1 Å². The van der Waals surface area contributed by atoms with Gasteiger partial charge in [-0.25, -0.2) is 4.79 Å². The van der Waals surface area contributed by atoms with Gasteiger partial charge in [0, 0.05) is 0 Å². The van der Waals surface area contributed by atoms with Crippen LogP contribution in [0.25, 0.3) is 0 Å². The minimum absolute atomic E-state index is 0.121. The smallest absolute Gasteiger partial charge is 0.452 e. The van der Waals surface area contributed by atoms with E-state index in [9.17, 15) is 18.0 Å². The Labute approximate surface area is 110 Å². The molecule has 4 aliphatic rings. The van der Waals surface area contributed by atoms with Gasteiger partial charge in [-0.15, -0.1) is 0 Å². The van der Waals surface area contributed by atoms with Crippen molar-refractivity contribution >= 4 is 5.97 Å². The zero-order valence-electron chi connectivity index (χ0n) is 11.1. The predicted octanol–water partition coefficient (Wildman–Crippen LogP) is 3.84. The number of esters is 1. The van der Waals surface area contributed by atoms with Crippen molar-refractivity contribution in [2.24, 2.45) is 17.3 Å². The molecule has 0 N–H and O–H groups in total. The highest BCUT2D eigenvalue weighted by Crippen LogP contribution is 2.64. The number of hydrogen-bond donors (Lipinski definition) is 0. The number of carbonyl (C=O) groups excluding carboxylic acids is 1. The average Bonchev–Trinajstić information content (AvgIpc) is 2.25. The second kappa shape index (κ2) is 3.89. The van der Waals surface area contributed by atoms with E-state index >= 15 is 0 Å². The summed E-state index contributed by atoms with van der Waals surface area (Å²) < 4.78 is 42.3. The van der Waals surface area contributed by atoms with Crippen LogP contribution in [0, 0.1) is 17.3 Å². The Morgan fingerprint density at radius 1 is 1.21 bits per heavy atom. The fourth-order valence-electron chi connectivity index (χ4n) is 5.15. The third-order valence-corrected chi connectivity index (χ3v) is 5.42. The Morgan fingerprint density at radius 2 is 1.79 bits per heavy atom. The van der Waals surface area contributed by atoms with Crippen LogP contribution in [0.5, 0.6) is 0 Å². The van der Waals surface area contributed by atoms with Crippen LogP contribution in [0.1, 0.15) is 51.9 Å². The van der Waals surface area contributed by atoms with Gasteiger partial charge in [-0.1, -0.05) is 13.3 Å². The van der Waals surface area contributed by atoms with Gasteiger partial charge in [-0.2, -0.15) is 13.2 Å². The summed E-state index contributed by atoms with van der Waals surface area (Å²) >= 11 is 0. The predicted molar refractivity (Wildman–Crippen MR) is 62.3 cm³/mol. The molecule has 0 amide bonds. The summed E-state index contributed by atoms with van der Waals surface area (Å²) in [6.07, 6.45) is 1.31. The molecule has 0 aromatic carbocycles. The molecular formula is C14H19F3O2. The summed E-state index contributed by atoms with van der Waals surface area (Å²) in [5.41, 5.74) is -0.706. The van der Waals surface area contributed by atoms with E-state index in [0.717, 1.165) is 25.7 Å². The van der Waals surface area contributed by atoms with Gasteiger partial charge in [-0.3, -0.25) is 0 Å². The first-order chi connectivity index (χ1) is 8.76. The molecule has 5 heteroatoms. The van der Waals surface area contributed by atoms with Crippen LogP contribution in [0.4, 0.5) is 13.2 Å². The van der Waals surface area contributed by atoms with Crippen molar-refractivity contribution in [3.8, 4) is 0 Å². The van der Waals surface area contributed by atoms with Gasteiger partial charge in [0.2, 0.25) is 0 Å². The lowest BCUT2D eigenvalue weighted by molar-refractivity contribution is -0.238. The van der Waals surface area contributed by atoms with E-state index in [1.165, 1.54) is 0 Å². The normalized spacial score (nSPS) is 44.4. The van der Waals surface area contributed by atoms with Crippen molar-refractivity contribution in [2.75, 3.05) is 0 Å². The summed E-state index contributed by atoms with van der Waals surface area (Å²) in [5, 5.41) is 0. The van der Waals surface area contributed by atoms with Gasteiger partial charge in [0.05, 0.1) is 0 Å². The molecule has 4 rings (SSSR count). The summed E-state index contributed by atoms with van der Waals surface area (Å²) in [4.78, 5) is 11.2. The Hall–Kier alpha value is -0.740. The topological polar surface area (TPSA) is 26.3 Å². The fourth-order valence-corrected chi connectivity index (χ4v) is 5.15. The third-order valence-electron chi connectivity index (χ3n) is 5.42. The number of ether oxygens (including phenoxy) is 1. The molecule has 108 valence electrons. The van der Waals surface area contributed by atoms with E-state index in [1.54, 1.807) is 0 Å². The molecule has 2 nitrogen and oxygen atoms in total. The maximum atomic E-state index is 12.4. The first-order valence-corrected chi connectivity index (χ1v) is 7.06. The molecule has 4 fully saturated rings. The summed E-state index contributed by atoms with van der Waals surface area (Å²) in [6, 6.07) is 0. The van der Waals surface area contributed by atoms with Crippen LogP contribution >= 0.6 is 0 Å². The molecule has 2 atom stereocenters. The molecule has 0 heterocycles. The van der Waals surface area contributed by atoms with Crippen LogP contribution in [0.3, 0.4) is 0 Å². The van der Waals surface area contributed by atoms with Gasteiger partial charge in [0.25, 0.3) is 0 Å². The molecule has 0 aromatic rings. The molecule has 4 aliphatic carbocycles. The van der Waals surface area contributed by atoms with Crippen LogP contribution < -0.4 is 0 Å². The monoisotopic (exact) mass is 276 g/mol. The number of rotatable bonds is 2. The maximum Gasteiger partial charge on any atom is 0.490 e. The van der Waals surface area contributed by atoms with E-state index in [2.05, 4.69) is 6.92 Å². The van der Waals surface area contributed by atoms with Crippen molar-refractivity contribution in [3.05, 3.63) is 0 Å². The van der Waals surface area contributed by atoms with Crippen molar-refractivity contribution in [1.29, 1.82) is 0 Å². The van der Waals surface area contributed by atoms with Crippen LogP contribution in [0.2, 0.25) is 0 Å². The highest BCUT2D eigenvalue weighted by molar-refractivity contribution is 5.76. The van der Waals surface area contributed by atoms with Gasteiger partial charge >= 0.3 is 12.1 Å². The lowest BCUT2D eigenvalue weighted by Crippen LogP contribution is -2.58. The minimum Gasteiger partial charge on any atom is -0.452 e.